The molecule has 20 heavy (non-hydrogen) atoms. The van der Waals surface area contributed by atoms with Crippen LogP contribution in [-0.2, 0) is 14.2 Å². The minimum Gasteiger partial charge on any atom is -0.359 e. The number of ether oxygens (including phenoxy) is 3. The Morgan fingerprint density at radius 3 is 2.85 bits per heavy atom. The van der Waals surface area contributed by atoms with E-state index in [0.717, 1.165) is 12.0 Å². The third-order valence-electron chi connectivity index (χ3n) is 3.88. The zero-order valence-corrected chi connectivity index (χ0v) is 11.7. The molecule has 2 aliphatic rings. The van der Waals surface area contributed by atoms with Gasteiger partial charge in [-0.3, -0.25) is 0 Å². The second kappa shape index (κ2) is 5.52. The van der Waals surface area contributed by atoms with Crippen LogP contribution in [0.15, 0.2) is 55.1 Å². The first-order valence-corrected chi connectivity index (χ1v) is 7.00. The molecule has 106 valence electrons. The van der Waals surface area contributed by atoms with Gasteiger partial charge in [-0.05, 0) is 13.3 Å². The third kappa shape index (κ3) is 2.57. The van der Waals surface area contributed by atoms with Gasteiger partial charge in [0.2, 0.25) is 0 Å². The van der Waals surface area contributed by atoms with Gasteiger partial charge in [0.05, 0.1) is 18.8 Å². The first kappa shape index (κ1) is 13.6. The molecule has 0 saturated carbocycles. The molecule has 0 radical (unpaired) electrons. The lowest BCUT2D eigenvalue weighted by molar-refractivity contribution is -0.300. The summed E-state index contributed by atoms with van der Waals surface area (Å²) in [6.45, 7) is 6.36. The summed E-state index contributed by atoms with van der Waals surface area (Å²) in [7, 11) is 0. The van der Waals surface area contributed by atoms with E-state index < -0.39 is 5.60 Å². The van der Waals surface area contributed by atoms with Crippen molar-refractivity contribution in [2.45, 2.75) is 37.4 Å². The van der Waals surface area contributed by atoms with Gasteiger partial charge in [-0.2, -0.15) is 0 Å². The summed E-state index contributed by atoms with van der Waals surface area (Å²) in [5.74, 6) is 0. The van der Waals surface area contributed by atoms with Gasteiger partial charge < -0.3 is 14.2 Å². The van der Waals surface area contributed by atoms with Gasteiger partial charge >= 0.3 is 0 Å². The Kier molecular flexibility index (Phi) is 3.74. The average Bonchev–Trinajstić information content (AvgIpc) is 2.65. The number of hydrogen-bond acceptors (Lipinski definition) is 3. The average molecular weight is 272 g/mol. The Hall–Kier alpha value is -1.42. The lowest BCUT2D eigenvalue weighted by Gasteiger charge is -2.43. The molecule has 0 aromatic heterocycles. The van der Waals surface area contributed by atoms with Crippen LogP contribution in [0.5, 0.6) is 0 Å². The maximum atomic E-state index is 6.12. The highest BCUT2D eigenvalue weighted by Gasteiger charge is 2.44. The molecule has 1 aromatic carbocycles. The molecule has 2 heterocycles. The zero-order valence-electron chi connectivity index (χ0n) is 11.7. The van der Waals surface area contributed by atoms with Gasteiger partial charge in [0.15, 0.2) is 6.29 Å². The van der Waals surface area contributed by atoms with E-state index in [4.69, 9.17) is 14.2 Å². The number of hydrogen-bond donors (Lipinski definition) is 0. The normalized spacial score (nSPS) is 37.0. The number of rotatable bonds is 2. The van der Waals surface area contributed by atoms with Gasteiger partial charge in [-0.15, -0.1) is 6.58 Å². The van der Waals surface area contributed by atoms with E-state index in [0.29, 0.717) is 6.61 Å². The van der Waals surface area contributed by atoms with Crippen molar-refractivity contribution in [1.82, 2.24) is 0 Å². The molecule has 0 unspecified atom stereocenters. The van der Waals surface area contributed by atoms with E-state index >= 15 is 0 Å². The van der Waals surface area contributed by atoms with Crippen LogP contribution < -0.4 is 0 Å². The highest BCUT2D eigenvalue weighted by molar-refractivity contribution is 5.17. The first-order valence-electron chi connectivity index (χ1n) is 7.00. The fourth-order valence-corrected chi connectivity index (χ4v) is 2.68. The van der Waals surface area contributed by atoms with Crippen molar-refractivity contribution in [1.29, 1.82) is 0 Å². The summed E-state index contributed by atoms with van der Waals surface area (Å²) in [5.41, 5.74) is 0.608. The SMILES string of the molecule is C=C[C@H]1C=CC[C@@H]2O[C@H](c3ccccc3)OC[C@@]2(C)O1. The molecule has 0 N–H and O–H groups in total. The Balaban J connectivity index is 1.78. The molecule has 1 saturated heterocycles. The Morgan fingerprint density at radius 1 is 1.30 bits per heavy atom. The third-order valence-corrected chi connectivity index (χ3v) is 3.88. The van der Waals surface area contributed by atoms with Crippen molar-refractivity contribution in [3.8, 4) is 0 Å². The molecular formula is C17H20O3. The van der Waals surface area contributed by atoms with Crippen molar-refractivity contribution in [3.05, 3.63) is 60.7 Å². The first-order chi connectivity index (χ1) is 9.71. The molecule has 1 fully saturated rings. The summed E-state index contributed by atoms with van der Waals surface area (Å²) in [6, 6.07) is 10.0. The fraction of sp³-hybridized carbons (Fsp3) is 0.412. The quantitative estimate of drug-likeness (QED) is 0.772. The maximum Gasteiger partial charge on any atom is 0.184 e. The molecule has 0 amide bonds. The zero-order chi connectivity index (χ0) is 14.0. The molecule has 3 heteroatoms. The van der Waals surface area contributed by atoms with E-state index in [1.165, 1.54) is 0 Å². The molecule has 2 aliphatic heterocycles. The highest BCUT2D eigenvalue weighted by atomic mass is 16.7. The minimum atomic E-state index is -0.437. The molecule has 0 aliphatic carbocycles. The standard InChI is InChI=1S/C17H20O3/c1-3-14-10-7-11-15-17(2,20-14)12-18-16(19-15)13-8-5-4-6-9-13/h3-10,14-16H,1,11-12H2,2H3/t14-,15-,16+,17+/m0/s1. The van der Waals surface area contributed by atoms with Crippen LogP contribution in [0.3, 0.4) is 0 Å². The van der Waals surface area contributed by atoms with Crippen molar-refractivity contribution >= 4 is 0 Å². The van der Waals surface area contributed by atoms with Gasteiger partial charge in [-0.25, -0.2) is 0 Å². The van der Waals surface area contributed by atoms with Crippen LogP contribution in [0.2, 0.25) is 0 Å². The molecule has 1 aromatic rings. The number of fused-ring (bicyclic) bond motifs is 1. The van der Waals surface area contributed by atoms with E-state index in [9.17, 15) is 0 Å². The van der Waals surface area contributed by atoms with Crippen LogP contribution in [0.1, 0.15) is 25.2 Å². The monoisotopic (exact) mass is 272 g/mol. The predicted molar refractivity (Wildman–Crippen MR) is 77.2 cm³/mol. The smallest absolute Gasteiger partial charge is 0.184 e. The lowest BCUT2D eigenvalue weighted by Crippen LogP contribution is -2.52. The summed E-state index contributed by atoms with van der Waals surface area (Å²) >= 11 is 0. The maximum absolute atomic E-state index is 6.12. The van der Waals surface area contributed by atoms with E-state index in [-0.39, 0.29) is 18.5 Å². The Morgan fingerprint density at radius 2 is 2.10 bits per heavy atom. The lowest BCUT2D eigenvalue weighted by atomic mass is 9.96. The van der Waals surface area contributed by atoms with Crippen molar-refractivity contribution < 1.29 is 14.2 Å². The van der Waals surface area contributed by atoms with E-state index in [2.05, 4.69) is 12.7 Å². The number of benzene rings is 1. The summed E-state index contributed by atoms with van der Waals surface area (Å²) < 4.78 is 18.1. The van der Waals surface area contributed by atoms with Crippen LogP contribution >= 0.6 is 0 Å². The van der Waals surface area contributed by atoms with E-state index in [1.54, 1.807) is 6.08 Å². The Labute approximate surface area is 119 Å². The van der Waals surface area contributed by atoms with Gasteiger partial charge in [0.25, 0.3) is 0 Å². The van der Waals surface area contributed by atoms with Crippen LogP contribution in [0.4, 0.5) is 0 Å². The molecule has 4 atom stereocenters. The summed E-state index contributed by atoms with van der Waals surface area (Å²) in [6.07, 6.45) is 6.35. The van der Waals surface area contributed by atoms with Crippen molar-refractivity contribution in [3.63, 3.8) is 0 Å². The summed E-state index contributed by atoms with van der Waals surface area (Å²) in [4.78, 5) is 0. The molecule has 3 rings (SSSR count). The fourth-order valence-electron chi connectivity index (χ4n) is 2.68. The predicted octanol–water partition coefficient (Wildman–Crippen LogP) is 3.39. The topological polar surface area (TPSA) is 27.7 Å². The second-order valence-electron chi connectivity index (χ2n) is 5.47. The van der Waals surface area contributed by atoms with Gasteiger partial charge in [0.1, 0.15) is 5.60 Å². The van der Waals surface area contributed by atoms with Gasteiger partial charge in [0, 0.05) is 5.56 Å². The highest BCUT2D eigenvalue weighted by Crippen LogP contribution is 2.37. The van der Waals surface area contributed by atoms with Crippen LogP contribution in [0, 0.1) is 0 Å². The van der Waals surface area contributed by atoms with E-state index in [1.807, 2.05) is 43.3 Å². The second-order valence-corrected chi connectivity index (χ2v) is 5.47. The molecule has 0 spiro atoms. The minimum absolute atomic E-state index is 0.0114. The molecule has 3 nitrogen and oxygen atoms in total. The Bertz CT molecular complexity index is 496. The van der Waals surface area contributed by atoms with Gasteiger partial charge in [-0.1, -0.05) is 48.6 Å². The molecule has 0 bridgehead atoms. The van der Waals surface area contributed by atoms with Crippen LogP contribution in [0.25, 0.3) is 0 Å². The molecular weight excluding hydrogens is 252 g/mol. The van der Waals surface area contributed by atoms with Crippen LogP contribution in [-0.4, -0.2) is 24.4 Å². The largest absolute Gasteiger partial charge is 0.359 e. The van der Waals surface area contributed by atoms with Crippen molar-refractivity contribution in [2.24, 2.45) is 0 Å². The summed E-state index contributed by atoms with van der Waals surface area (Å²) in [5, 5.41) is 0. The van der Waals surface area contributed by atoms with Crippen molar-refractivity contribution in [2.75, 3.05) is 6.61 Å².